The number of hydrogen-bond donors (Lipinski definition) is 3. The molecule has 23 heavy (non-hydrogen) atoms. The second kappa shape index (κ2) is 6.18. The largest absolute Gasteiger partial charge is 0.508 e. The lowest BCUT2D eigenvalue weighted by atomic mass is 10.2. The number of aromatic hydroxyl groups is 1. The van der Waals surface area contributed by atoms with Crippen LogP contribution in [0.15, 0.2) is 48.5 Å². The van der Waals surface area contributed by atoms with Crippen molar-refractivity contribution in [1.29, 1.82) is 0 Å². The van der Waals surface area contributed by atoms with Gasteiger partial charge in [0.15, 0.2) is 5.82 Å². The second-order valence-corrected chi connectivity index (χ2v) is 4.71. The molecule has 7 heteroatoms. The Morgan fingerprint density at radius 1 is 1.00 bits per heavy atom. The van der Waals surface area contributed by atoms with E-state index in [4.69, 9.17) is 10.5 Å². The quantitative estimate of drug-likeness (QED) is 0.636. The van der Waals surface area contributed by atoms with Crippen LogP contribution in [-0.4, -0.2) is 27.2 Å². The minimum absolute atomic E-state index is 0.0992. The van der Waals surface area contributed by atoms with E-state index in [9.17, 15) is 5.11 Å². The maximum absolute atomic E-state index is 9.31. The van der Waals surface area contributed by atoms with Gasteiger partial charge in [0.05, 0.1) is 12.7 Å². The third-order valence-electron chi connectivity index (χ3n) is 3.12. The van der Waals surface area contributed by atoms with Gasteiger partial charge < -0.3 is 20.9 Å². The Balaban J connectivity index is 1.97. The highest BCUT2D eigenvalue weighted by molar-refractivity contribution is 5.66. The van der Waals surface area contributed by atoms with Crippen LogP contribution in [0.25, 0.3) is 11.4 Å². The number of aromatic nitrogens is 3. The molecule has 4 N–H and O–H groups in total. The first-order chi connectivity index (χ1) is 11.2. The van der Waals surface area contributed by atoms with Crippen molar-refractivity contribution in [2.45, 2.75) is 0 Å². The first kappa shape index (κ1) is 14.6. The maximum atomic E-state index is 9.31. The van der Waals surface area contributed by atoms with Gasteiger partial charge in [0, 0.05) is 5.69 Å². The van der Waals surface area contributed by atoms with Gasteiger partial charge in [0.25, 0.3) is 0 Å². The summed E-state index contributed by atoms with van der Waals surface area (Å²) in [5.74, 6) is 1.65. The molecular formula is C16H15N5O2. The lowest BCUT2D eigenvalue weighted by molar-refractivity contribution is 0.416. The fraction of sp³-hybridized carbons (Fsp3) is 0.0625. The van der Waals surface area contributed by atoms with Crippen molar-refractivity contribution in [2.24, 2.45) is 0 Å². The van der Waals surface area contributed by atoms with Gasteiger partial charge in [-0.2, -0.15) is 15.0 Å². The average Bonchev–Trinajstić information content (AvgIpc) is 2.56. The monoisotopic (exact) mass is 309 g/mol. The van der Waals surface area contributed by atoms with Crippen molar-refractivity contribution < 1.29 is 9.84 Å². The molecule has 7 nitrogen and oxygen atoms in total. The number of phenols is 1. The van der Waals surface area contributed by atoms with E-state index in [1.54, 1.807) is 31.4 Å². The number of para-hydroxylation sites is 1. The molecule has 0 unspecified atom stereocenters. The van der Waals surface area contributed by atoms with Gasteiger partial charge in [-0.15, -0.1) is 0 Å². The molecular weight excluding hydrogens is 294 g/mol. The van der Waals surface area contributed by atoms with Crippen LogP contribution in [0.3, 0.4) is 0 Å². The number of methoxy groups -OCH3 is 1. The lowest BCUT2D eigenvalue weighted by Crippen LogP contribution is -2.05. The number of hydrogen-bond acceptors (Lipinski definition) is 7. The molecule has 0 fully saturated rings. The van der Waals surface area contributed by atoms with Gasteiger partial charge in [-0.1, -0.05) is 12.1 Å². The zero-order chi connectivity index (χ0) is 16.2. The molecule has 0 aliphatic heterocycles. The van der Waals surface area contributed by atoms with Crippen molar-refractivity contribution in [3.8, 4) is 22.9 Å². The number of nitrogens with two attached hydrogens (primary N) is 1. The molecule has 3 rings (SSSR count). The van der Waals surface area contributed by atoms with E-state index < -0.39 is 0 Å². The number of ether oxygens (including phenoxy) is 1. The number of phenolic OH excluding ortho intramolecular Hbond substituents is 1. The lowest BCUT2D eigenvalue weighted by Gasteiger charge is -2.10. The van der Waals surface area contributed by atoms with Crippen LogP contribution in [0.5, 0.6) is 11.5 Å². The molecule has 0 saturated carbocycles. The number of nitrogens with zero attached hydrogens (tertiary/aromatic N) is 3. The molecule has 1 heterocycles. The maximum Gasteiger partial charge on any atom is 0.232 e. The normalized spacial score (nSPS) is 10.3. The van der Waals surface area contributed by atoms with Gasteiger partial charge >= 0.3 is 0 Å². The fourth-order valence-corrected chi connectivity index (χ4v) is 2.07. The third kappa shape index (κ3) is 3.29. The van der Waals surface area contributed by atoms with E-state index in [1.807, 2.05) is 24.3 Å². The molecule has 0 amide bonds. The fourth-order valence-electron chi connectivity index (χ4n) is 2.07. The Bertz CT molecular complexity index is 821. The molecule has 0 saturated heterocycles. The van der Waals surface area contributed by atoms with Crippen LogP contribution in [-0.2, 0) is 0 Å². The molecule has 2 aromatic carbocycles. The van der Waals surface area contributed by atoms with Crippen LogP contribution in [0, 0.1) is 0 Å². The summed E-state index contributed by atoms with van der Waals surface area (Å²) in [6, 6.07) is 13.9. The van der Waals surface area contributed by atoms with Gasteiger partial charge in [-0.3, -0.25) is 0 Å². The highest BCUT2D eigenvalue weighted by atomic mass is 16.5. The summed E-state index contributed by atoms with van der Waals surface area (Å²) in [6.07, 6.45) is 0. The Kier molecular flexibility index (Phi) is 3.92. The van der Waals surface area contributed by atoms with Crippen molar-refractivity contribution in [2.75, 3.05) is 18.2 Å². The van der Waals surface area contributed by atoms with Crippen LogP contribution < -0.4 is 15.8 Å². The molecule has 0 aliphatic rings. The Labute approximate surface area is 132 Å². The third-order valence-corrected chi connectivity index (χ3v) is 3.12. The van der Waals surface area contributed by atoms with E-state index in [0.29, 0.717) is 17.5 Å². The van der Waals surface area contributed by atoms with E-state index in [0.717, 1.165) is 11.3 Å². The molecule has 0 bridgehead atoms. The summed E-state index contributed by atoms with van der Waals surface area (Å²) in [7, 11) is 1.58. The molecule has 1 aromatic heterocycles. The number of benzene rings is 2. The summed E-state index contributed by atoms with van der Waals surface area (Å²) in [5, 5.41) is 12.3. The molecule has 0 radical (unpaired) electrons. The van der Waals surface area contributed by atoms with E-state index in [-0.39, 0.29) is 11.7 Å². The van der Waals surface area contributed by atoms with Gasteiger partial charge in [-0.05, 0) is 36.4 Å². The van der Waals surface area contributed by atoms with Crippen molar-refractivity contribution in [3.05, 3.63) is 48.5 Å². The van der Waals surface area contributed by atoms with Crippen LogP contribution in [0.2, 0.25) is 0 Å². The summed E-state index contributed by atoms with van der Waals surface area (Å²) in [5.41, 5.74) is 7.22. The summed E-state index contributed by atoms with van der Waals surface area (Å²) >= 11 is 0. The van der Waals surface area contributed by atoms with E-state index >= 15 is 0 Å². The van der Waals surface area contributed by atoms with Gasteiger partial charge in [0.2, 0.25) is 11.9 Å². The van der Waals surface area contributed by atoms with Crippen molar-refractivity contribution >= 4 is 17.6 Å². The molecule has 0 spiro atoms. The Morgan fingerprint density at radius 2 is 1.74 bits per heavy atom. The molecule has 0 aliphatic carbocycles. The summed E-state index contributed by atoms with van der Waals surface area (Å²) < 4.78 is 5.32. The van der Waals surface area contributed by atoms with Crippen molar-refractivity contribution in [1.82, 2.24) is 15.0 Å². The second-order valence-electron chi connectivity index (χ2n) is 4.71. The van der Waals surface area contributed by atoms with Crippen LogP contribution >= 0.6 is 0 Å². The molecule has 0 atom stereocenters. The summed E-state index contributed by atoms with van der Waals surface area (Å²) in [6.45, 7) is 0. The van der Waals surface area contributed by atoms with Crippen molar-refractivity contribution in [3.63, 3.8) is 0 Å². The number of nitrogens with one attached hydrogen (secondary N) is 1. The minimum atomic E-state index is 0.0992. The number of anilines is 3. The highest BCUT2D eigenvalue weighted by Gasteiger charge is 2.11. The Morgan fingerprint density at radius 3 is 2.48 bits per heavy atom. The topological polar surface area (TPSA) is 106 Å². The zero-order valence-electron chi connectivity index (χ0n) is 12.4. The first-order valence-electron chi connectivity index (χ1n) is 6.87. The SMILES string of the molecule is COc1ccccc1-c1nc(N)nc(Nc2ccc(O)cc2)n1. The van der Waals surface area contributed by atoms with Gasteiger partial charge in [0.1, 0.15) is 11.5 Å². The smallest absolute Gasteiger partial charge is 0.232 e. The van der Waals surface area contributed by atoms with Crippen LogP contribution in [0.1, 0.15) is 0 Å². The predicted octanol–water partition coefficient (Wildman–Crippen LogP) is 2.58. The number of rotatable bonds is 4. The highest BCUT2D eigenvalue weighted by Crippen LogP contribution is 2.28. The van der Waals surface area contributed by atoms with E-state index in [1.165, 1.54) is 0 Å². The van der Waals surface area contributed by atoms with Crippen LogP contribution in [0.4, 0.5) is 17.6 Å². The minimum Gasteiger partial charge on any atom is -0.508 e. The Hall–Kier alpha value is -3.35. The standard InChI is InChI=1S/C16H15N5O2/c1-23-13-5-3-2-4-12(13)14-19-15(17)21-16(20-14)18-10-6-8-11(22)9-7-10/h2-9,22H,1H3,(H3,17,18,19,20,21). The molecule has 3 aromatic rings. The summed E-state index contributed by atoms with van der Waals surface area (Å²) in [4.78, 5) is 12.6. The first-order valence-corrected chi connectivity index (χ1v) is 6.87. The number of nitrogen functional groups attached to an aromatic ring is 1. The molecule has 116 valence electrons. The average molecular weight is 309 g/mol. The predicted molar refractivity (Wildman–Crippen MR) is 87.6 cm³/mol. The zero-order valence-corrected chi connectivity index (χ0v) is 12.4. The van der Waals surface area contributed by atoms with Gasteiger partial charge in [-0.25, -0.2) is 0 Å². The van der Waals surface area contributed by atoms with E-state index in [2.05, 4.69) is 20.3 Å².